The van der Waals surface area contributed by atoms with E-state index in [1.54, 1.807) is 54.6 Å². The molecule has 3 aromatic rings. The van der Waals surface area contributed by atoms with E-state index in [2.05, 4.69) is 0 Å². The minimum absolute atomic E-state index is 0.0496. The van der Waals surface area contributed by atoms with Crippen molar-refractivity contribution in [1.29, 1.82) is 0 Å². The van der Waals surface area contributed by atoms with Gasteiger partial charge in [-0.2, -0.15) is 0 Å². The lowest BCUT2D eigenvalue weighted by atomic mass is 9.95. The molecular weight excluding hydrogens is 489 g/mol. The molecular formula is C27H23Cl2NO5. The summed E-state index contributed by atoms with van der Waals surface area (Å²) in [4.78, 5) is 27.9. The van der Waals surface area contributed by atoms with Crippen molar-refractivity contribution in [3.05, 3.63) is 93.5 Å². The summed E-state index contributed by atoms with van der Waals surface area (Å²) in [6, 6.07) is 17.6. The number of halogens is 2. The molecule has 1 aliphatic heterocycles. The van der Waals surface area contributed by atoms with Gasteiger partial charge in [0.1, 0.15) is 17.3 Å². The number of Topliss-reactive ketones (excluding diaryl/α,β-unsaturated/α-hetero) is 1. The first-order valence-corrected chi connectivity index (χ1v) is 11.8. The molecule has 1 atom stereocenters. The smallest absolute Gasteiger partial charge is 0.300 e. The Balaban J connectivity index is 1.87. The highest BCUT2D eigenvalue weighted by Gasteiger charge is 2.47. The molecule has 1 heterocycles. The van der Waals surface area contributed by atoms with Gasteiger partial charge in [0.15, 0.2) is 0 Å². The van der Waals surface area contributed by atoms with Crippen molar-refractivity contribution in [2.24, 2.45) is 0 Å². The average Bonchev–Trinajstić information content (AvgIpc) is 3.12. The number of amides is 1. The van der Waals surface area contributed by atoms with Gasteiger partial charge in [0.25, 0.3) is 11.7 Å². The molecule has 1 unspecified atom stereocenters. The lowest BCUT2D eigenvalue weighted by Crippen LogP contribution is -2.29. The molecule has 1 N–H and O–H groups in total. The number of rotatable bonds is 7. The van der Waals surface area contributed by atoms with E-state index in [1.165, 1.54) is 17.0 Å². The number of nitrogens with zero attached hydrogens (tertiary/aromatic N) is 1. The van der Waals surface area contributed by atoms with Crippen LogP contribution in [0.15, 0.2) is 72.3 Å². The maximum Gasteiger partial charge on any atom is 0.300 e. The number of aliphatic hydroxyl groups excluding tert-OH is 1. The summed E-state index contributed by atoms with van der Waals surface area (Å²) in [5, 5.41) is 11.7. The van der Waals surface area contributed by atoms with Crippen molar-refractivity contribution < 1.29 is 24.2 Å². The Morgan fingerprint density at radius 2 is 1.43 bits per heavy atom. The van der Waals surface area contributed by atoms with Crippen molar-refractivity contribution in [3.63, 3.8) is 0 Å². The minimum Gasteiger partial charge on any atom is -0.507 e. The molecule has 35 heavy (non-hydrogen) atoms. The van der Waals surface area contributed by atoms with Crippen LogP contribution in [0.1, 0.15) is 31.0 Å². The largest absolute Gasteiger partial charge is 0.507 e. The molecule has 180 valence electrons. The number of benzene rings is 3. The van der Waals surface area contributed by atoms with E-state index in [4.69, 9.17) is 32.7 Å². The van der Waals surface area contributed by atoms with Gasteiger partial charge in [0.05, 0.1) is 34.9 Å². The molecule has 0 aromatic heterocycles. The summed E-state index contributed by atoms with van der Waals surface area (Å²) in [6.07, 6.45) is 0. The summed E-state index contributed by atoms with van der Waals surface area (Å²) in [6.45, 7) is 4.76. The van der Waals surface area contributed by atoms with Crippen LogP contribution in [-0.2, 0) is 9.59 Å². The molecule has 8 heteroatoms. The van der Waals surface area contributed by atoms with Gasteiger partial charge in [0, 0.05) is 11.3 Å². The van der Waals surface area contributed by atoms with Crippen LogP contribution in [0.5, 0.6) is 11.5 Å². The Morgan fingerprint density at radius 3 is 1.97 bits per heavy atom. The Bertz CT molecular complexity index is 1290. The van der Waals surface area contributed by atoms with E-state index in [9.17, 15) is 14.7 Å². The third-order valence-corrected chi connectivity index (χ3v) is 6.31. The highest BCUT2D eigenvalue weighted by Crippen LogP contribution is 2.43. The van der Waals surface area contributed by atoms with Crippen LogP contribution in [0.3, 0.4) is 0 Å². The standard InChI is InChI=1S/C27H23Cl2NO5/c1-3-34-19-10-5-16(6-11-19)24-23(25(31)17-7-14-21(28)22(29)15-17)26(32)27(33)30(24)18-8-12-20(13-9-18)35-4-2/h5-15,24,31H,3-4H2,1-2H3/b25-23-. The van der Waals surface area contributed by atoms with Crippen LogP contribution in [0.25, 0.3) is 5.76 Å². The summed E-state index contributed by atoms with van der Waals surface area (Å²) in [5.41, 5.74) is 1.34. The van der Waals surface area contributed by atoms with Crippen molar-refractivity contribution in [3.8, 4) is 11.5 Å². The second-order valence-corrected chi connectivity index (χ2v) is 8.54. The second kappa shape index (κ2) is 10.4. The third-order valence-electron chi connectivity index (χ3n) is 5.57. The first kappa shape index (κ1) is 24.6. The van der Waals surface area contributed by atoms with Crippen LogP contribution in [0, 0.1) is 0 Å². The molecule has 0 bridgehead atoms. The highest BCUT2D eigenvalue weighted by molar-refractivity contribution is 6.51. The minimum atomic E-state index is -0.877. The quantitative estimate of drug-likeness (QED) is 0.225. The fraction of sp³-hybridized carbons (Fsp3) is 0.185. The van der Waals surface area contributed by atoms with E-state index < -0.39 is 17.7 Å². The zero-order valence-corrected chi connectivity index (χ0v) is 20.6. The number of carbonyl (C=O) groups is 2. The fourth-order valence-electron chi connectivity index (χ4n) is 4.00. The van der Waals surface area contributed by atoms with Gasteiger partial charge in [-0.3, -0.25) is 14.5 Å². The lowest BCUT2D eigenvalue weighted by molar-refractivity contribution is -0.132. The van der Waals surface area contributed by atoms with Gasteiger partial charge in [0.2, 0.25) is 0 Å². The summed E-state index contributed by atoms with van der Waals surface area (Å²) in [7, 11) is 0. The Morgan fingerprint density at radius 1 is 0.857 bits per heavy atom. The molecule has 0 aliphatic carbocycles. The first-order chi connectivity index (χ1) is 16.8. The molecule has 1 fully saturated rings. The molecule has 4 rings (SSSR count). The molecule has 0 radical (unpaired) electrons. The van der Waals surface area contributed by atoms with Gasteiger partial charge in [-0.05, 0) is 74.0 Å². The van der Waals surface area contributed by atoms with E-state index in [0.29, 0.717) is 41.0 Å². The Kier molecular flexibility index (Phi) is 7.34. The van der Waals surface area contributed by atoms with Crippen molar-refractivity contribution >= 4 is 46.3 Å². The van der Waals surface area contributed by atoms with Crippen LogP contribution < -0.4 is 14.4 Å². The van der Waals surface area contributed by atoms with E-state index in [0.717, 1.165) is 0 Å². The molecule has 1 aliphatic rings. The second-order valence-electron chi connectivity index (χ2n) is 7.73. The van der Waals surface area contributed by atoms with Crippen LogP contribution in [-0.4, -0.2) is 30.0 Å². The number of hydrogen-bond acceptors (Lipinski definition) is 5. The van der Waals surface area contributed by atoms with Gasteiger partial charge in [-0.1, -0.05) is 35.3 Å². The van der Waals surface area contributed by atoms with Gasteiger partial charge >= 0.3 is 0 Å². The number of anilines is 1. The molecule has 3 aromatic carbocycles. The first-order valence-electron chi connectivity index (χ1n) is 11.1. The van der Waals surface area contributed by atoms with E-state index in [-0.39, 0.29) is 21.9 Å². The Labute approximate surface area is 213 Å². The van der Waals surface area contributed by atoms with Crippen LogP contribution in [0.2, 0.25) is 10.0 Å². The monoisotopic (exact) mass is 511 g/mol. The number of hydrogen-bond donors (Lipinski definition) is 1. The van der Waals surface area contributed by atoms with E-state index >= 15 is 0 Å². The maximum atomic E-state index is 13.3. The molecule has 0 spiro atoms. The highest BCUT2D eigenvalue weighted by atomic mass is 35.5. The maximum absolute atomic E-state index is 13.3. The third kappa shape index (κ3) is 4.85. The van der Waals surface area contributed by atoms with Crippen molar-refractivity contribution in [2.45, 2.75) is 19.9 Å². The summed E-state index contributed by atoms with van der Waals surface area (Å²) < 4.78 is 11.0. The zero-order valence-electron chi connectivity index (χ0n) is 19.1. The van der Waals surface area contributed by atoms with Crippen molar-refractivity contribution in [2.75, 3.05) is 18.1 Å². The topological polar surface area (TPSA) is 76.1 Å². The van der Waals surface area contributed by atoms with Gasteiger partial charge in [-0.15, -0.1) is 0 Å². The zero-order chi connectivity index (χ0) is 25.1. The number of ketones is 1. The summed E-state index contributed by atoms with van der Waals surface area (Å²) in [5.74, 6) is -0.606. The van der Waals surface area contributed by atoms with Crippen LogP contribution >= 0.6 is 23.2 Å². The predicted octanol–water partition coefficient (Wildman–Crippen LogP) is 6.42. The SMILES string of the molecule is CCOc1ccc(C2/C(=C(/O)c3ccc(Cl)c(Cl)c3)C(=O)C(=O)N2c2ccc(OCC)cc2)cc1. The average molecular weight is 512 g/mol. The molecule has 6 nitrogen and oxygen atoms in total. The molecule has 1 saturated heterocycles. The van der Waals surface area contributed by atoms with Crippen LogP contribution in [0.4, 0.5) is 5.69 Å². The van der Waals surface area contributed by atoms with Gasteiger partial charge in [-0.25, -0.2) is 0 Å². The Hall–Kier alpha value is -3.48. The summed E-state index contributed by atoms with van der Waals surface area (Å²) >= 11 is 12.2. The van der Waals surface area contributed by atoms with E-state index in [1.807, 2.05) is 13.8 Å². The van der Waals surface area contributed by atoms with Crippen molar-refractivity contribution in [1.82, 2.24) is 0 Å². The normalized spacial score (nSPS) is 17.0. The van der Waals surface area contributed by atoms with Gasteiger partial charge < -0.3 is 14.6 Å². The molecule has 0 saturated carbocycles. The lowest BCUT2D eigenvalue weighted by Gasteiger charge is -2.26. The number of carbonyl (C=O) groups excluding carboxylic acids is 2. The molecule has 1 amide bonds. The fourth-order valence-corrected chi connectivity index (χ4v) is 4.29. The number of aliphatic hydroxyl groups is 1. The predicted molar refractivity (Wildman–Crippen MR) is 136 cm³/mol. The number of ether oxygens (including phenoxy) is 2.